The predicted molar refractivity (Wildman–Crippen MR) is 83.7 cm³/mol. The smallest absolute Gasteiger partial charge is 0.0832 e. The molecule has 0 aliphatic carbocycles. The Balaban J connectivity index is 1.87. The van der Waals surface area contributed by atoms with Gasteiger partial charge in [-0.3, -0.25) is 5.10 Å². The molecule has 5 nitrogen and oxygen atoms in total. The lowest BCUT2D eigenvalue weighted by Gasteiger charge is -2.07. The van der Waals surface area contributed by atoms with Crippen molar-refractivity contribution in [1.29, 1.82) is 0 Å². The number of aromatic nitrogens is 4. The number of nitrogens with zero attached hydrogens (tertiary/aromatic N) is 3. The number of rotatable bonds is 4. The molecular formula is C16H19N5. The second-order valence-electron chi connectivity index (χ2n) is 5.23. The molecule has 2 aromatic heterocycles. The maximum Gasteiger partial charge on any atom is 0.0832 e. The Labute approximate surface area is 124 Å². The molecule has 0 amide bonds. The highest BCUT2D eigenvalue weighted by Gasteiger charge is 2.12. The molecule has 3 rings (SSSR count). The number of hydrogen-bond acceptors (Lipinski definition) is 3. The Morgan fingerprint density at radius 2 is 1.86 bits per heavy atom. The van der Waals surface area contributed by atoms with E-state index in [1.165, 1.54) is 5.56 Å². The van der Waals surface area contributed by atoms with E-state index in [1.54, 1.807) is 6.20 Å². The van der Waals surface area contributed by atoms with Crippen LogP contribution >= 0.6 is 0 Å². The molecule has 1 aromatic carbocycles. The molecule has 0 aliphatic heterocycles. The summed E-state index contributed by atoms with van der Waals surface area (Å²) in [5.74, 6) is 0. The van der Waals surface area contributed by atoms with Gasteiger partial charge in [-0.2, -0.15) is 10.2 Å². The zero-order valence-electron chi connectivity index (χ0n) is 12.5. The number of benzene rings is 1. The molecule has 2 heterocycles. The summed E-state index contributed by atoms with van der Waals surface area (Å²) >= 11 is 0. The van der Waals surface area contributed by atoms with Crippen molar-refractivity contribution in [3.63, 3.8) is 0 Å². The summed E-state index contributed by atoms with van der Waals surface area (Å²) in [6, 6.07) is 10.3. The quantitative estimate of drug-likeness (QED) is 0.772. The van der Waals surface area contributed by atoms with Gasteiger partial charge >= 0.3 is 0 Å². The fourth-order valence-electron chi connectivity index (χ4n) is 2.40. The van der Waals surface area contributed by atoms with Gasteiger partial charge in [0.25, 0.3) is 0 Å². The van der Waals surface area contributed by atoms with Gasteiger partial charge in [0.1, 0.15) is 0 Å². The van der Waals surface area contributed by atoms with Crippen molar-refractivity contribution in [2.45, 2.75) is 27.3 Å². The molecule has 0 aliphatic rings. The fourth-order valence-corrected chi connectivity index (χ4v) is 2.40. The molecular weight excluding hydrogens is 262 g/mol. The van der Waals surface area contributed by atoms with Crippen molar-refractivity contribution in [1.82, 2.24) is 20.0 Å². The first kappa shape index (κ1) is 13.4. The van der Waals surface area contributed by atoms with Crippen molar-refractivity contribution in [3.8, 4) is 5.69 Å². The minimum absolute atomic E-state index is 0.710. The Bertz CT molecular complexity index is 723. The molecule has 21 heavy (non-hydrogen) atoms. The van der Waals surface area contributed by atoms with Crippen LogP contribution in [-0.4, -0.2) is 20.0 Å². The molecule has 5 heteroatoms. The van der Waals surface area contributed by atoms with Gasteiger partial charge in [-0.05, 0) is 39.0 Å². The number of hydrogen-bond donors (Lipinski definition) is 2. The van der Waals surface area contributed by atoms with Crippen LogP contribution in [0, 0.1) is 20.8 Å². The van der Waals surface area contributed by atoms with Gasteiger partial charge in [-0.15, -0.1) is 0 Å². The first-order chi connectivity index (χ1) is 10.1. The van der Waals surface area contributed by atoms with Gasteiger partial charge in [-0.25, -0.2) is 4.68 Å². The van der Waals surface area contributed by atoms with Crippen LogP contribution in [0.4, 0.5) is 5.69 Å². The number of nitrogens with one attached hydrogen (secondary N) is 2. The molecule has 0 spiro atoms. The predicted octanol–water partition coefficient (Wildman–Crippen LogP) is 3.13. The lowest BCUT2D eigenvalue weighted by atomic mass is 10.2. The van der Waals surface area contributed by atoms with Crippen LogP contribution in [0.2, 0.25) is 0 Å². The first-order valence-electron chi connectivity index (χ1n) is 7.00. The summed E-state index contributed by atoms with van der Waals surface area (Å²) in [5.41, 5.74) is 6.55. The van der Waals surface area contributed by atoms with Crippen molar-refractivity contribution in [2.24, 2.45) is 0 Å². The van der Waals surface area contributed by atoms with Crippen LogP contribution in [0.1, 0.15) is 22.6 Å². The van der Waals surface area contributed by atoms with Crippen LogP contribution in [0.15, 0.2) is 36.5 Å². The topological polar surface area (TPSA) is 58.5 Å². The normalized spacial score (nSPS) is 10.8. The maximum atomic E-state index is 4.64. The van der Waals surface area contributed by atoms with Crippen LogP contribution in [0.25, 0.3) is 5.69 Å². The SMILES string of the molecule is Cc1ccc(-n2nc(C)c(NCc3ccn[nH]3)c2C)cc1. The third-order valence-corrected chi connectivity index (χ3v) is 3.58. The summed E-state index contributed by atoms with van der Waals surface area (Å²) in [6.07, 6.45) is 1.76. The molecule has 0 saturated heterocycles. The lowest BCUT2D eigenvalue weighted by Crippen LogP contribution is -2.03. The second kappa shape index (κ2) is 5.44. The van der Waals surface area contributed by atoms with Crippen LogP contribution in [0.3, 0.4) is 0 Å². The molecule has 0 atom stereocenters. The molecule has 0 fully saturated rings. The summed E-state index contributed by atoms with van der Waals surface area (Å²) in [5, 5.41) is 15.0. The second-order valence-corrected chi connectivity index (χ2v) is 5.23. The zero-order chi connectivity index (χ0) is 14.8. The molecule has 0 unspecified atom stereocenters. The number of anilines is 1. The largest absolute Gasteiger partial charge is 0.376 e. The van der Waals surface area contributed by atoms with Crippen molar-refractivity contribution in [2.75, 3.05) is 5.32 Å². The average molecular weight is 281 g/mol. The van der Waals surface area contributed by atoms with E-state index in [1.807, 2.05) is 17.7 Å². The van der Waals surface area contributed by atoms with Crippen LogP contribution in [-0.2, 0) is 6.54 Å². The Morgan fingerprint density at radius 3 is 2.52 bits per heavy atom. The van der Waals surface area contributed by atoms with E-state index >= 15 is 0 Å². The van der Waals surface area contributed by atoms with Crippen LogP contribution in [0.5, 0.6) is 0 Å². The fraction of sp³-hybridized carbons (Fsp3) is 0.250. The minimum atomic E-state index is 0.710. The van der Waals surface area contributed by atoms with Gasteiger partial charge in [0.2, 0.25) is 0 Å². The standard InChI is InChI=1S/C16H19N5/c1-11-4-6-15(7-5-11)21-13(3)16(12(2)20-21)17-10-14-8-9-18-19-14/h4-9,17H,10H2,1-3H3,(H,18,19). The monoisotopic (exact) mass is 281 g/mol. The lowest BCUT2D eigenvalue weighted by molar-refractivity contribution is 0.833. The molecule has 0 radical (unpaired) electrons. The van der Waals surface area contributed by atoms with E-state index in [0.29, 0.717) is 6.54 Å². The highest BCUT2D eigenvalue weighted by molar-refractivity contribution is 5.54. The first-order valence-corrected chi connectivity index (χ1v) is 7.00. The minimum Gasteiger partial charge on any atom is -0.376 e. The van der Waals surface area contributed by atoms with Gasteiger partial charge in [-0.1, -0.05) is 17.7 Å². The summed E-state index contributed by atoms with van der Waals surface area (Å²) in [7, 11) is 0. The Kier molecular flexibility index (Phi) is 3.48. The highest BCUT2D eigenvalue weighted by Crippen LogP contribution is 2.23. The molecule has 3 aromatic rings. The average Bonchev–Trinajstić information content (AvgIpc) is 3.07. The van der Waals surface area contributed by atoms with E-state index in [-0.39, 0.29) is 0 Å². The van der Waals surface area contributed by atoms with E-state index in [4.69, 9.17) is 0 Å². The Hall–Kier alpha value is -2.56. The van der Waals surface area contributed by atoms with Gasteiger partial charge in [0, 0.05) is 6.20 Å². The van der Waals surface area contributed by atoms with Crippen molar-refractivity contribution in [3.05, 3.63) is 59.2 Å². The summed E-state index contributed by atoms with van der Waals surface area (Å²) in [6.45, 7) is 6.89. The summed E-state index contributed by atoms with van der Waals surface area (Å²) < 4.78 is 1.98. The molecule has 108 valence electrons. The Morgan fingerprint density at radius 1 is 1.10 bits per heavy atom. The van der Waals surface area contributed by atoms with Gasteiger partial charge in [0.05, 0.1) is 35.0 Å². The number of H-pyrrole nitrogens is 1. The van der Waals surface area contributed by atoms with Crippen LogP contribution < -0.4 is 5.32 Å². The van der Waals surface area contributed by atoms with E-state index < -0.39 is 0 Å². The van der Waals surface area contributed by atoms with E-state index in [2.05, 4.69) is 58.7 Å². The third kappa shape index (κ3) is 2.67. The van der Waals surface area contributed by atoms with Gasteiger partial charge < -0.3 is 5.32 Å². The summed E-state index contributed by atoms with van der Waals surface area (Å²) in [4.78, 5) is 0. The van der Waals surface area contributed by atoms with Gasteiger partial charge in [0.15, 0.2) is 0 Å². The highest BCUT2D eigenvalue weighted by atomic mass is 15.3. The number of aryl methyl sites for hydroxylation is 2. The third-order valence-electron chi connectivity index (χ3n) is 3.58. The maximum absolute atomic E-state index is 4.64. The molecule has 2 N–H and O–H groups in total. The number of aromatic amines is 1. The zero-order valence-corrected chi connectivity index (χ0v) is 12.5. The van der Waals surface area contributed by atoms with E-state index in [9.17, 15) is 0 Å². The van der Waals surface area contributed by atoms with E-state index in [0.717, 1.165) is 28.5 Å². The van der Waals surface area contributed by atoms with Crippen molar-refractivity contribution >= 4 is 5.69 Å². The van der Waals surface area contributed by atoms with Crippen molar-refractivity contribution < 1.29 is 0 Å². The molecule has 0 saturated carbocycles. The molecule has 0 bridgehead atoms.